The van der Waals surface area contributed by atoms with E-state index < -0.39 is 0 Å². The molecule has 0 spiro atoms. The molecule has 1 nitrogen and oxygen atoms in total. The van der Waals surface area contributed by atoms with Gasteiger partial charge in [0.25, 0.3) is 0 Å². The maximum absolute atomic E-state index is 3.52. The summed E-state index contributed by atoms with van der Waals surface area (Å²) in [6.07, 6.45) is 2.12. The molecule has 2 rings (SSSR count). The average molecular weight is 329 g/mol. The molecule has 0 bridgehead atoms. The van der Waals surface area contributed by atoms with Crippen molar-refractivity contribution in [2.45, 2.75) is 15.9 Å². The van der Waals surface area contributed by atoms with Crippen LogP contribution in [0.4, 0.5) is 5.69 Å². The molecule has 1 N–H and O–H groups in total. The van der Waals surface area contributed by atoms with E-state index in [1.807, 2.05) is 11.8 Å². The van der Waals surface area contributed by atoms with Crippen molar-refractivity contribution in [1.82, 2.24) is 0 Å². The van der Waals surface area contributed by atoms with Crippen molar-refractivity contribution in [3.8, 4) is 0 Å². The number of thioether (sulfide) groups is 1. The molecule has 4 heteroatoms. The first-order valence-electron chi connectivity index (χ1n) is 3.91. The van der Waals surface area contributed by atoms with Gasteiger partial charge in [-0.15, -0.1) is 12.4 Å². The fraction of sp³-hybridized carbons (Fsp3) is 0.333. The van der Waals surface area contributed by atoms with Crippen LogP contribution in [0, 0.1) is 0 Å². The molecule has 0 aromatic heterocycles. The number of nitrogens with one attached hydrogen (secondary N) is 1. The van der Waals surface area contributed by atoms with Gasteiger partial charge in [0.15, 0.2) is 0 Å². The molecule has 13 heavy (non-hydrogen) atoms. The maximum atomic E-state index is 3.52. The van der Waals surface area contributed by atoms with E-state index in [0.29, 0.717) is 0 Å². The van der Waals surface area contributed by atoms with Gasteiger partial charge in [-0.3, -0.25) is 0 Å². The van der Waals surface area contributed by atoms with E-state index in [1.54, 1.807) is 3.61 Å². The Hall–Kier alpha value is 0.450. The summed E-state index contributed by atoms with van der Waals surface area (Å²) in [7, 11) is 0. The second-order valence-electron chi connectivity index (χ2n) is 2.77. The molecule has 0 amide bonds. The van der Waals surface area contributed by atoms with Gasteiger partial charge in [0.05, 0.1) is 0 Å². The van der Waals surface area contributed by atoms with Crippen LogP contribution in [0.2, 0.25) is 0 Å². The molecule has 1 aliphatic heterocycles. The number of halogens is 1. The van der Waals surface area contributed by atoms with E-state index in [1.165, 1.54) is 10.6 Å². The SMILES string of the molecule is CSc1ccc2c(c1)NC(C)[Te]2.Cl. The van der Waals surface area contributed by atoms with Crippen LogP contribution in [-0.4, -0.2) is 31.3 Å². The van der Waals surface area contributed by atoms with Crippen LogP contribution in [0.1, 0.15) is 6.92 Å². The smallest absolute Gasteiger partial charge is 0.147 e. The minimum absolute atomic E-state index is 0. The fourth-order valence-corrected chi connectivity index (χ4v) is 4.47. The fourth-order valence-electron chi connectivity index (χ4n) is 1.29. The molecule has 0 aliphatic carbocycles. The summed E-state index contributed by atoms with van der Waals surface area (Å²) >= 11 is 1.86. The van der Waals surface area contributed by atoms with E-state index in [9.17, 15) is 0 Å². The Kier molecular flexibility index (Phi) is 4.25. The van der Waals surface area contributed by atoms with Crippen molar-refractivity contribution in [2.24, 2.45) is 0 Å². The normalized spacial score (nSPS) is 18.8. The van der Waals surface area contributed by atoms with Crippen LogP contribution >= 0.6 is 24.2 Å². The number of anilines is 1. The molecule has 1 heterocycles. The minimum Gasteiger partial charge on any atom is -0.147 e. The zero-order chi connectivity index (χ0) is 8.55. The average Bonchev–Trinajstić information content (AvgIpc) is 2.43. The van der Waals surface area contributed by atoms with Crippen LogP contribution in [-0.2, 0) is 0 Å². The van der Waals surface area contributed by atoms with E-state index in [0.717, 1.165) is 4.09 Å². The Balaban J connectivity index is 0.000000845. The van der Waals surface area contributed by atoms with E-state index in [-0.39, 0.29) is 33.3 Å². The topological polar surface area (TPSA) is 12.0 Å². The maximum Gasteiger partial charge on any atom is -0.147 e. The van der Waals surface area contributed by atoms with Crippen molar-refractivity contribution >= 4 is 54.4 Å². The Morgan fingerprint density at radius 1 is 1.46 bits per heavy atom. The third-order valence-corrected chi connectivity index (χ3v) is 5.66. The molecule has 1 unspecified atom stereocenters. The van der Waals surface area contributed by atoms with Gasteiger partial charge in [-0.25, -0.2) is 0 Å². The number of hydrogen-bond acceptors (Lipinski definition) is 2. The Morgan fingerprint density at radius 2 is 2.23 bits per heavy atom. The summed E-state index contributed by atoms with van der Waals surface area (Å²) in [4.78, 5) is 1.36. The van der Waals surface area contributed by atoms with Crippen molar-refractivity contribution in [1.29, 1.82) is 0 Å². The summed E-state index contributed by atoms with van der Waals surface area (Å²) in [5.74, 6) is 0. The Bertz CT molecular complexity index is 306. The second-order valence-corrected chi connectivity index (χ2v) is 7.59. The minimum atomic E-state index is 0. The van der Waals surface area contributed by atoms with Crippen molar-refractivity contribution in [2.75, 3.05) is 11.6 Å². The molecule has 1 aliphatic rings. The van der Waals surface area contributed by atoms with Gasteiger partial charge in [-0.05, 0) is 0 Å². The van der Waals surface area contributed by atoms with Gasteiger partial charge in [0.1, 0.15) is 0 Å². The van der Waals surface area contributed by atoms with Gasteiger partial charge >= 0.3 is 87.7 Å². The number of fused-ring (bicyclic) bond motifs is 1. The van der Waals surface area contributed by atoms with Crippen LogP contribution < -0.4 is 8.93 Å². The standard InChI is InChI=1S/C9H11NSTe.ClH/c1-6-10-8-5-7(11-2)3-4-9(8)12-6;/h3-6,10H,1-2H3;1H. The third kappa shape index (κ3) is 2.47. The predicted octanol–water partition coefficient (Wildman–Crippen LogP) is 1.93. The Labute approximate surface area is 99.5 Å². The first kappa shape index (κ1) is 11.5. The summed E-state index contributed by atoms with van der Waals surface area (Å²) in [5.41, 5.74) is 1.39. The van der Waals surface area contributed by atoms with Crippen molar-refractivity contribution in [3.05, 3.63) is 18.2 Å². The molecule has 1 aromatic rings. The molecule has 1 aromatic carbocycles. The molecular weight excluding hydrogens is 317 g/mol. The van der Waals surface area contributed by atoms with Crippen LogP contribution in [0.15, 0.2) is 23.1 Å². The Morgan fingerprint density at radius 3 is 2.92 bits per heavy atom. The number of rotatable bonds is 1. The molecular formula is C9H12ClNSTe. The monoisotopic (exact) mass is 331 g/mol. The molecule has 1 atom stereocenters. The molecule has 0 fully saturated rings. The van der Waals surface area contributed by atoms with E-state index >= 15 is 0 Å². The zero-order valence-electron chi connectivity index (χ0n) is 7.53. The van der Waals surface area contributed by atoms with Gasteiger partial charge < -0.3 is 0 Å². The van der Waals surface area contributed by atoms with E-state index in [2.05, 4.69) is 36.7 Å². The summed E-state index contributed by atoms with van der Waals surface area (Å²) in [5, 5.41) is 3.52. The van der Waals surface area contributed by atoms with Crippen LogP contribution in [0.25, 0.3) is 0 Å². The van der Waals surface area contributed by atoms with Crippen molar-refractivity contribution in [3.63, 3.8) is 0 Å². The molecule has 0 radical (unpaired) electrons. The number of benzene rings is 1. The zero-order valence-corrected chi connectivity index (χ0v) is 11.5. The quantitative estimate of drug-likeness (QED) is 0.624. The predicted molar refractivity (Wildman–Crippen MR) is 63.9 cm³/mol. The third-order valence-electron chi connectivity index (χ3n) is 1.85. The van der Waals surface area contributed by atoms with Crippen molar-refractivity contribution < 1.29 is 0 Å². The second kappa shape index (κ2) is 4.79. The first-order valence-corrected chi connectivity index (χ1v) is 7.64. The van der Waals surface area contributed by atoms with Crippen LogP contribution in [0.3, 0.4) is 0 Å². The van der Waals surface area contributed by atoms with Crippen LogP contribution in [0.5, 0.6) is 0 Å². The number of hydrogen-bond donors (Lipinski definition) is 1. The van der Waals surface area contributed by atoms with E-state index in [4.69, 9.17) is 0 Å². The van der Waals surface area contributed by atoms with Gasteiger partial charge in [0, 0.05) is 0 Å². The van der Waals surface area contributed by atoms with Gasteiger partial charge in [-0.1, -0.05) is 0 Å². The summed E-state index contributed by atoms with van der Waals surface area (Å²) < 4.78 is 2.33. The first-order chi connectivity index (χ1) is 5.79. The largest absolute Gasteiger partial charge is 0.147 e. The molecule has 0 saturated heterocycles. The molecule has 0 saturated carbocycles. The molecule has 72 valence electrons. The summed E-state index contributed by atoms with van der Waals surface area (Å²) in [6.45, 7) is 2.28. The summed E-state index contributed by atoms with van der Waals surface area (Å²) in [6, 6.07) is 6.79. The van der Waals surface area contributed by atoms with Gasteiger partial charge in [0.2, 0.25) is 0 Å². The van der Waals surface area contributed by atoms with Gasteiger partial charge in [-0.2, -0.15) is 0 Å².